The molecule has 0 aromatic heterocycles. The lowest BCUT2D eigenvalue weighted by atomic mass is 9.74. The molecular weight excluding hydrogens is 255 g/mol. The second-order valence-electron chi connectivity index (χ2n) is 5.81. The van der Waals surface area contributed by atoms with Gasteiger partial charge in [-0.3, -0.25) is 0 Å². The van der Waals surface area contributed by atoms with Crippen molar-refractivity contribution in [2.45, 2.75) is 37.8 Å². The number of nitrogens with two attached hydrogens (primary N) is 1. The molecule has 0 radical (unpaired) electrons. The van der Waals surface area contributed by atoms with Crippen LogP contribution < -0.4 is 15.9 Å². The van der Waals surface area contributed by atoms with Gasteiger partial charge in [-0.15, -0.1) is 0 Å². The van der Waals surface area contributed by atoms with Crippen LogP contribution in [0.4, 0.5) is 0 Å². The van der Waals surface area contributed by atoms with Gasteiger partial charge in [-0.1, -0.05) is 6.07 Å². The summed E-state index contributed by atoms with van der Waals surface area (Å²) in [6.07, 6.45) is 2.19. The summed E-state index contributed by atoms with van der Waals surface area (Å²) >= 11 is 0. The van der Waals surface area contributed by atoms with Gasteiger partial charge in [-0.05, 0) is 48.3 Å². The molecule has 2 aliphatic rings. The third kappa shape index (κ3) is 2.40. The first kappa shape index (κ1) is 13.4. The molecule has 1 atom stereocenters. The molecule has 104 valence electrons. The monoisotopic (exact) mass is 272 g/mol. The van der Waals surface area contributed by atoms with E-state index in [2.05, 4.69) is 0 Å². The average molecular weight is 272 g/mol. The lowest BCUT2D eigenvalue weighted by Gasteiger charge is -2.20. The van der Waals surface area contributed by atoms with Gasteiger partial charge in [-0.25, -0.2) is 0 Å². The van der Waals surface area contributed by atoms with Gasteiger partial charge in [0.05, 0.1) is 12.7 Å². The van der Waals surface area contributed by atoms with E-state index in [9.17, 15) is 5.02 Å². The van der Waals surface area contributed by atoms with Crippen molar-refractivity contribution in [3.63, 3.8) is 0 Å². The average Bonchev–Trinajstić information content (AvgIpc) is 3.20. The van der Waals surface area contributed by atoms with Gasteiger partial charge < -0.3 is 20.1 Å². The molecule has 1 aromatic rings. The molecule has 1 aromatic carbocycles. The van der Waals surface area contributed by atoms with Crippen LogP contribution in [0.2, 0.25) is 0 Å². The van der Waals surface area contributed by atoms with E-state index in [0.29, 0.717) is 18.3 Å². The first-order valence-corrected chi connectivity index (χ1v) is 6.80. The lowest BCUT2D eigenvalue weighted by Crippen LogP contribution is -2.41. The predicted molar refractivity (Wildman–Crippen MR) is 74.5 cm³/mol. The van der Waals surface area contributed by atoms with Crippen molar-refractivity contribution in [2.75, 3.05) is 6.61 Å². The molecule has 20 heavy (non-hydrogen) atoms. The third-order valence-corrected chi connectivity index (χ3v) is 3.75. The Morgan fingerprint density at radius 2 is 2.35 bits per heavy atom. The zero-order chi connectivity index (χ0) is 14.3. The van der Waals surface area contributed by atoms with E-state index >= 15 is 0 Å². The maximum atomic E-state index is 9.98. The number of rotatable bonds is 4. The molecule has 1 unspecified atom stereocenters. The highest BCUT2D eigenvalue weighted by Gasteiger charge is 2.38. The van der Waals surface area contributed by atoms with E-state index in [-0.39, 0.29) is 6.61 Å². The minimum Gasteiger partial charge on any atom is -0.490 e. The summed E-state index contributed by atoms with van der Waals surface area (Å²) in [6.45, 7) is 2.19. The molecule has 3 rings (SSSR count). The summed E-state index contributed by atoms with van der Waals surface area (Å²) in [5.74, 6) is 1.13. The fraction of sp³-hybridized carbons (Fsp3) is 0.500. The largest absolute Gasteiger partial charge is 0.492 e. The second-order valence-corrected chi connectivity index (χ2v) is 5.81. The Kier molecular flexibility index (Phi) is 3.21. The molecule has 3 N–H and O–H groups in total. The lowest BCUT2D eigenvalue weighted by molar-refractivity contribution is 0.262. The van der Waals surface area contributed by atoms with Crippen LogP contribution in [-0.4, -0.2) is 24.3 Å². The Morgan fingerprint density at radius 3 is 3.00 bits per heavy atom. The Bertz CT molecular complexity index is 579. The molecule has 0 saturated heterocycles. The van der Waals surface area contributed by atoms with Gasteiger partial charge in [0.25, 0.3) is 0 Å². The van der Waals surface area contributed by atoms with Crippen LogP contribution in [0.5, 0.6) is 5.75 Å². The molecule has 1 heterocycles. The van der Waals surface area contributed by atoms with Crippen LogP contribution in [0.25, 0.3) is 0 Å². The zero-order valence-corrected chi connectivity index (χ0v) is 11.4. The molecule has 1 saturated carbocycles. The Labute approximate surface area is 118 Å². The number of ether oxygens (including phenoxy) is 1. The standard InChI is InChI=1S/C14H17BN2O3/c1-14(17,7-16)8-19-11-5-4-10-6-20-15(18)13(10)12(11)9-2-3-9/h4-5,9,18H,2-3,6,8,17H2,1H3. The summed E-state index contributed by atoms with van der Waals surface area (Å²) in [6, 6.07) is 5.82. The molecule has 1 aliphatic heterocycles. The highest BCUT2D eigenvalue weighted by Crippen LogP contribution is 2.44. The number of fused-ring (bicyclic) bond motifs is 1. The first-order chi connectivity index (χ1) is 9.52. The Hall–Kier alpha value is -1.55. The molecular formula is C14H17BN2O3. The predicted octanol–water partition coefficient (Wildman–Crippen LogP) is 0.401. The second kappa shape index (κ2) is 4.78. The summed E-state index contributed by atoms with van der Waals surface area (Å²) in [7, 11) is -0.871. The van der Waals surface area contributed by atoms with Crippen LogP contribution in [0.1, 0.15) is 36.8 Å². The maximum Gasteiger partial charge on any atom is 0.492 e. The molecule has 0 bridgehead atoms. The fourth-order valence-corrected chi connectivity index (χ4v) is 2.51. The Balaban J connectivity index is 1.92. The van der Waals surface area contributed by atoms with Crippen LogP contribution in [0, 0.1) is 11.3 Å². The van der Waals surface area contributed by atoms with Crippen LogP contribution in [-0.2, 0) is 11.3 Å². The number of nitriles is 1. The molecule has 1 aliphatic carbocycles. The number of hydrogen-bond acceptors (Lipinski definition) is 5. The SMILES string of the molecule is CC(N)(C#N)COc1ccc2c(c1C1CC1)B(O)OC2. The summed E-state index contributed by atoms with van der Waals surface area (Å²) in [5, 5.41) is 18.9. The van der Waals surface area contributed by atoms with Crippen LogP contribution in [0.3, 0.4) is 0 Å². The number of nitrogens with zero attached hydrogens (tertiary/aromatic N) is 1. The van der Waals surface area contributed by atoms with E-state index in [1.54, 1.807) is 6.92 Å². The summed E-state index contributed by atoms with van der Waals surface area (Å²) in [5.41, 5.74) is 7.66. The quantitative estimate of drug-likeness (QED) is 0.774. The topological polar surface area (TPSA) is 88.5 Å². The minimum absolute atomic E-state index is 0.124. The van der Waals surface area contributed by atoms with Gasteiger partial charge in [-0.2, -0.15) is 5.26 Å². The highest BCUT2D eigenvalue weighted by molar-refractivity contribution is 6.62. The maximum absolute atomic E-state index is 9.98. The smallest absolute Gasteiger partial charge is 0.490 e. The molecule has 5 nitrogen and oxygen atoms in total. The van der Waals surface area contributed by atoms with Crippen molar-refractivity contribution in [1.82, 2.24) is 0 Å². The van der Waals surface area contributed by atoms with Crippen molar-refractivity contribution in [1.29, 1.82) is 5.26 Å². The van der Waals surface area contributed by atoms with Gasteiger partial charge in [0.1, 0.15) is 17.9 Å². The van der Waals surface area contributed by atoms with Crippen molar-refractivity contribution in [3.05, 3.63) is 23.3 Å². The van der Waals surface area contributed by atoms with Crippen LogP contribution >= 0.6 is 0 Å². The fourth-order valence-electron chi connectivity index (χ4n) is 2.51. The first-order valence-electron chi connectivity index (χ1n) is 6.80. The van der Waals surface area contributed by atoms with Crippen LogP contribution in [0.15, 0.2) is 12.1 Å². The zero-order valence-electron chi connectivity index (χ0n) is 11.4. The summed E-state index contributed by atoms with van der Waals surface area (Å²) in [4.78, 5) is 0. The van der Waals surface area contributed by atoms with E-state index in [0.717, 1.165) is 29.4 Å². The molecule has 1 fully saturated rings. The molecule has 6 heteroatoms. The van der Waals surface area contributed by atoms with Crippen molar-refractivity contribution in [3.8, 4) is 11.8 Å². The van der Waals surface area contributed by atoms with Crippen molar-refractivity contribution >= 4 is 12.6 Å². The number of benzene rings is 1. The molecule has 0 amide bonds. The van der Waals surface area contributed by atoms with E-state index in [4.69, 9.17) is 20.4 Å². The van der Waals surface area contributed by atoms with Gasteiger partial charge >= 0.3 is 7.12 Å². The normalized spacial score (nSPS) is 20.2. The van der Waals surface area contributed by atoms with Crippen molar-refractivity contribution in [2.24, 2.45) is 5.73 Å². The Morgan fingerprint density at radius 1 is 1.60 bits per heavy atom. The minimum atomic E-state index is -1.02. The van der Waals surface area contributed by atoms with Crippen molar-refractivity contribution < 1.29 is 14.4 Å². The van der Waals surface area contributed by atoms with Gasteiger partial charge in [0.2, 0.25) is 0 Å². The number of hydrogen-bond donors (Lipinski definition) is 2. The summed E-state index contributed by atoms with van der Waals surface area (Å²) < 4.78 is 11.0. The highest BCUT2D eigenvalue weighted by atomic mass is 16.5. The molecule has 0 spiro atoms. The third-order valence-electron chi connectivity index (χ3n) is 3.75. The van der Waals surface area contributed by atoms with E-state index in [1.807, 2.05) is 18.2 Å². The van der Waals surface area contributed by atoms with Gasteiger partial charge in [0.15, 0.2) is 0 Å². The van der Waals surface area contributed by atoms with Gasteiger partial charge in [0, 0.05) is 0 Å². The van der Waals surface area contributed by atoms with E-state index in [1.165, 1.54) is 0 Å². The van der Waals surface area contributed by atoms with E-state index < -0.39 is 12.7 Å².